The number of aryl methyl sites for hydroxylation is 2. The normalized spacial score (nSPS) is 12.3. The second-order valence-electron chi connectivity index (χ2n) is 6.38. The van der Waals surface area contributed by atoms with Crippen LogP contribution in [0.15, 0.2) is 35.6 Å². The number of rotatable bonds is 6. The van der Waals surface area contributed by atoms with Crippen molar-refractivity contribution >= 4 is 44.9 Å². The Kier molecular flexibility index (Phi) is 5.94. The van der Waals surface area contributed by atoms with Crippen LogP contribution in [0.25, 0.3) is 10.2 Å². The molecule has 2 heterocycles. The van der Waals surface area contributed by atoms with Gasteiger partial charge in [-0.15, -0.1) is 11.3 Å². The lowest BCUT2D eigenvalue weighted by Crippen LogP contribution is -2.16. The van der Waals surface area contributed by atoms with Crippen LogP contribution in [-0.2, 0) is 4.79 Å². The van der Waals surface area contributed by atoms with Crippen LogP contribution in [-0.4, -0.2) is 21.6 Å². The molecule has 0 spiro atoms. The molecule has 1 N–H and O–H groups in total. The number of hydrogen-bond donors (Lipinski definition) is 1. The molecule has 1 amide bonds. The number of carbonyl (C=O) groups is 1. The number of hydrogen-bond acceptors (Lipinski definition) is 5. The number of para-hydroxylation sites is 1. The molecule has 0 bridgehead atoms. The molecule has 136 valence electrons. The van der Waals surface area contributed by atoms with E-state index in [0.717, 1.165) is 27.4 Å². The van der Waals surface area contributed by atoms with Crippen LogP contribution in [0.1, 0.15) is 42.2 Å². The van der Waals surface area contributed by atoms with E-state index in [1.54, 1.807) is 17.7 Å². The molecule has 2 aromatic heterocycles. The minimum absolute atomic E-state index is 0.0119. The number of carbonyl (C=O) groups excluding carboxylic acids is 1. The summed E-state index contributed by atoms with van der Waals surface area (Å²) in [6, 6.07) is 8.03. The van der Waals surface area contributed by atoms with Gasteiger partial charge in [0.15, 0.2) is 0 Å². The van der Waals surface area contributed by atoms with E-state index >= 15 is 0 Å². The zero-order valence-corrected chi connectivity index (χ0v) is 17.1. The summed E-state index contributed by atoms with van der Waals surface area (Å²) < 4.78 is 0. The average Bonchev–Trinajstić information content (AvgIpc) is 2.94. The molecule has 0 radical (unpaired) electrons. The number of aromatic nitrogens is 2. The van der Waals surface area contributed by atoms with Gasteiger partial charge < -0.3 is 5.32 Å². The van der Waals surface area contributed by atoms with Crippen LogP contribution in [0.5, 0.6) is 0 Å². The highest BCUT2D eigenvalue weighted by Gasteiger charge is 2.15. The van der Waals surface area contributed by atoms with Crippen LogP contribution in [0.3, 0.4) is 0 Å². The summed E-state index contributed by atoms with van der Waals surface area (Å²) in [6.45, 7) is 8.52. The van der Waals surface area contributed by atoms with E-state index in [0.29, 0.717) is 11.7 Å². The largest absolute Gasteiger partial charge is 0.325 e. The van der Waals surface area contributed by atoms with E-state index < -0.39 is 0 Å². The van der Waals surface area contributed by atoms with Gasteiger partial charge in [0.1, 0.15) is 16.2 Å². The van der Waals surface area contributed by atoms with Crippen molar-refractivity contribution in [1.29, 1.82) is 0 Å². The Morgan fingerprint density at radius 1 is 1.27 bits per heavy atom. The fraction of sp³-hybridized carbons (Fsp3) is 0.350. The molecule has 0 unspecified atom stereocenters. The maximum absolute atomic E-state index is 12.5. The lowest BCUT2D eigenvalue weighted by atomic mass is 9.97. The van der Waals surface area contributed by atoms with E-state index in [2.05, 4.69) is 49.0 Å². The molecule has 3 rings (SSSR count). The summed E-state index contributed by atoms with van der Waals surface area (Å²) in [5.74, 6) is 0.731. The zero-order chi connectivity index (χ0) is 18.7. The number of thiophene rings is 1. The van der Waals surface area contributed by atoms with Gasteiger partial charge in [-0.2, -0.15) is 0 Å². The summed E-state index contributed by atoms with van der Waals surface area (Å²) in [5, 5.41) is 5.02. The number of nitrogens with one attached hydrogen (secondary N) is 1. The Labute approximate surface area is 162 Å². The molecule has 0 aliphatic rings. The topological polar surface area (TPSA) is 54.9 Å². The Bertz CT molecular complexity index is 936. The highest BCUT2D eigenvalue weighted by atomic mass is 32.2. The summed E-state index contributed by atoms with van der Waals surface area (Å²) >= 11 is 3.14. The van der Waals surface area contributed by atoms with E-state index in [9.17, 15) is 4.79 Å². The highest BCUT2D eigenvalue weighted by Crippen LogP contribution is 2.34. The molecular weight excluding hydrogens is 362 g/mol. The quantitative estimate of drug-likeness (QED) is 0.446. The Balaban J connectivity index is 1.73. The van der Waals surface area contributed by atoms with Crippen molar-refractivity contribution < 1.29 is 4.79 Å². The van der Waals surface area contributed by atoms with Gasteiger partial charge in [-0.05, 0) is 43.4 Å². The number of anilines is 1. The van der Waals surface area contributed by atoms with E-state index in [-0.39, 0.29) is 5.91 Å². The van der Waals surface area contributed by atoms with Crippen molar-refractivity contribution in [3.8, 4) is 0 Å². The van der Waals surface area contributed by atoms with Gasteiger partial charge >= 0.3 is 0 Å². The molecule has 26 heavy (non-hydrogen) atoms. The highest BCUT2D eigenvalue weighted by molar-refractivity contribution is 8.00. The maximum atomic E-state index is 12.5. The van der Waals surface area contributed by atoms with Gasteiger partial charge in [-0.25, -0.2) is 9.97 Å². The summed E-state index contributed by atoms with van der Waals surface area (Å²) in [6.07, 6.45) is 2.62. The minimum Gasteiger partial charge on any atom is -0.325 e. The summed E-state index contributed by atoms with van der Waals surface area (Å²) in [4.78, 5) is 23.5. The van der Waals surface area contributed by atoms with Gasteiger partial charge in [-0.1, -0.05) is 43.8 Å². The molecule has 3 aromatic rings. The smallest absolute Gasteiger partial charge is 0.234 e. The van der Waals surface area contributed by atoms with Crippen molar-refractivity contribution in [3.05, 3.63) is 46.6 Å². The molecule has 0 aliphatic heterocycles. The number of nitrogens with zero attached hydrogens (tertiary/aromatic N) is 2. The SMILES string of the molecule is CC[C@H](C)c1ccccc1NC(=O)CSc1ncnc2sc(C)c(C)c12. The van der Waals surface area contributed by atoms with Crippen molar-refractivity contribution in [2.45, 2.75) is 45.1 Å². The Morgan fingerprint density at radius 3 is 2.81 bits per heavy atom. The summed E-state index contributed by atoms with van der Waals surface area (Å²) in [5.41, 5.74) is 3.29. The van der Waals surface area contributed by atoms with Crippen molar-refractivity contribution in [2.24, 2.45) is 0 Å². The second-order valence-corrected chi connectivity index (χ2v) is 8.54. The van der Waals surface area contributed by atoms with Crippen molar-refractivity contribution in [3.63, 3.8) is 0 Å². The van der Waals surface area contributed by atoms with Gasteiger partial charge in [0, 0.05) is 16.0 Å². The predicted molar refractivity (Wildman–Crippen MR) is 111 cm³/mol. The van der Waals surface area contributed by atoms with Crippen LogP contribution in [0.2, 0.25) is 0 Å². The first-order chi connectivity index (χ1) is 12.5. The predicted octanol–water partition coefficient (Wildman–Crippen LogP) is 5.55. The first-order valence-electron chi connectivity index (χ1n) is 8.73. The van der Waals surface area contributed by atoms with Gasteiger partial charge in [0.2, 0.25) is 5.91 Å². The molecule has 6 heteroatoms. The van der Waals surface area contributed by atoms with Gasteiger partial charge in [-0.3, -0.25) is 4.79 Å². The first kappa shape index (κ1) is 18.9. The molecule has 0 aliphatic carbocycles. The maximum Gasteiger partial charge on any atom is 0.234 e. The lowest BCUT2D eigenvalue weighted by Gasteiger charge is -2.15. The van der Waals surface area contributed by atoms with Crippen molar-refractivity contribution in [1.82, 2.24) is 9.97 Å². The van der Waals surface area contributed by atoms with E-state index in [1.165, 1.54) is 27.8 Å². The van der Waals surface area contributed by atoms with Gasteiger partial charge in [0.25, 0.3) is 0 Å². The second kappa shape index (κ2) is 8.18. The Morgan fingerprint density at radius 2 is 2.04 bits per heavy atom. The average molecular weight is 386 g/mol. The molecule has 0 saturated carbocycles. The number of amides is 1. The van der Waals surface area contributed by atoms with Crippen LogP contribution >= 0.6 is 23.1 Å². The molecule has 0 saturated heterocycles. The fourth-order valence-corrected chi connectivity index (χ4v) is 4.76. The first-order valence-corrected chi connectivity index (χ1v) is 10.5. The van der Waals surface area contributed by atoms with E-state index in [4.69, 9.17) is 0 Å². The third-order valence-corrected chi connectivity index (χ3v) is 6.75. The van der Waals surface area contributed by atoms with Crippen LogP contribution in [0, 0.1) is 13.8 Å². The lowest BCUT2D eigenvalue weighted by molar-refractivity contribution is -0.113. The molecule has 0 fully saturated rings. The molecule has 1 aromatic carbocycles. The Hall–Kier alpha value is -1.92. The van der Waals surface area contributed by atoms with Crippen LogP contribution < -0.4 is 5.32 Å². The third-order valence-electron chi connectivity index (χ3n) is 4.65. The minimum atomic E-state index is -0.0119. The van der Waals surface area contributed by atoms with Gasteiger partial charge in [0.05, 0.1) is 5.75 Å². The third kappa shape index (κ3) is 3.91. The number of benzene rings is 1. The standard InChI is InChI=1S/C20H23N3OS2/c1-5-12(2)15-8-6-7-9-16(15)23-17(24)10-25-19-18-13(3)14(4)26-20(18)22-11-21-19/h6-9,11-12H,5,10H2,1-4H3,(H,23,24)/t12-/m0/s1. The number of thioether (sulfide) groups is 1. The molecular formula is C20H23N3OS2. The fourth-order valence-electron chi connectivity index (χ4n) is 2.84. The monoisotopic (exact) mass is 385 g/mol. The van der Waals surface area contributed by atoms with Crippen molar-refractivity contribution in [2.75, 3.05) is 11.1 Å². The zero-order valence-electron chi connectivity index (χ0n) is 15.5. The summed E-state index contributed by atoms with van der Waals surface area (Å²) in [7, 11) is 0. The van der Waals surface area contributed by atoms with Crippen LogP contribution in [0.4, 0.5) is 5.69 Å². The molecule has 1 atom stereocenters. The number of fused-ring (bicyclic) bond motifs is 1. The molecule has 4 nitrogen and oxygen atoms in total. The van der Waals surface area contributed by atoms with E-state index in [1.807, 2.05) is 18.2 Å².